The molecule has 7 rings (SSSR count). The van der Waals surface area contributed by atoms with Gasteiger partial charge in [-0.2, -0.15) is 18.3 Å². The number of piperidine rings is 1. The number of ether oxygens (including phenoxy) is 1. The molecular formula is C27H30F3N9O2S. The van der Waals surface area contributed by atoms with Crippen LogP contribution in [0, 0.1) is 5.41 Å². The van der Waals surface area contributed by atoms with Crippen LogP contribution >= 0.6 is 11.3 Å². The predicted octanol–water partition coefficient (Wildman–Crippen LogP) is 5.21. The Morgan fingerprint density at radius 1 is 1.19 bits per heavy atom. The van der Waals surface area contributed by atoms with Gasteiger partial charge in [-0.3, -0.25) is 9.89 Å². The Morgan fingerprint density at radius 3 is 2.57 bits per heavy atom. The van der Waals surface area contributed by atoms with Crippen molar-refractivity contribution in [2.45, 2.75) is 51.1 Å². The van der Waals surface area contributed by atoms with Crippen LogP contribution in [0.25, 0.3) is 16.5 Å². The average Bonchev–Trinajstić information content (AvgIpc) is 3.35. The number of alkyl halides is 3. The van der Waals surface area contributed by atoms with Gasteiger partial charge in [-0.1, -0.05) is 6.92 Å². The second-order valence-corrected chi connectivity index (χ2v) is 11.7. The van der Waals surface area contributed by atoms with Crippen LogP contribution in [0.5, 0.6) is 0 Å². The molecular weight excluding hydrogens is 571 g/mol. The Bertz CT molecular complexity index is 1520. The molecule has 2 saturated heterocycles. The molecule has 11 nitrogen and oxygen atoms in total. The minimum atomic E-state index is -3.96. The van der Waals surface area contributed by atoms with Crippen LogP contribution < -0.4 is 10.2 Å². The maximum absolute atomic E-state index is 13.1. The SMILES string of the molecule is CCC(F)(F)F.O=C(Nc1csc(-c2ncn[nH]2)n1)c1cc(-n2cnc(C3CC3)c2)c(N2CCC3(CC2)COC3)cn1. The van der Waals surface area contributed by atoms with Crippen molar-refractivity contribution < 1.29 is 22.7 Å². The highest BCUT2D eigenvalue weighted by atomic mass is 32.1. The summed E-state index contributed by atoms with van der Waals surface area (Å²) in [6.45, 7) is 4.70. The van der Waals surface area contributed by atoms with Crippen LogP contribution in [0.1, 0.15) is 61.1 Å². The maximum Gasteiger partial charge on any atom is 0.388 e. The number of carbonyl (C=O) groups excluding carboxylic acids is 1. The number of imidazole rings is 1. The molecule has 4 aromatic heterocycles. The van der Waals surface area contributed by atoms with Crippen molar-refractivity contribution in [3.8, 4) is 16.5 Å². The van der Waals surface area contributed by atoms with Crippen LogP contribution in [0.3, 0.4) is 0 Å². The first-order valence-electron chi connectivity index (χ1n) is 13.8. The van der Waals surface area contributed by atoms with E-state index in [2.05, 4.69) is 46.5 Å². The Kier molecular flexibility index (Phi) is 7.70. The van der Waals surface area contributed by atoms with Gasteiger partial charge in [0, 0.05) is 42.4 Å². The molecule has 6 heterocycles. The number of H-pyrrole nitrogens is 1. The van der Waals surface area contributed by atoms with E-state index in [0.29, 0.717) is 33.7 Å². The van der Waals surface area contributed by atoms with Crippen molar-refractivity contribution in [3.63, 3.8) is 0 Å². The van der Waals surface area contributed by atoms with Gasteiger partial charge in [-0.05, 0) is 31.7 Å². The van der Waals surface area contributed by atoms with Crippen molar-refractivity contribution in [3.05, 3.63) is 47.9 Å². The second kappa shape index (κ2) is 11.4. The summed E-state index contributed by atoms with van der Waals surface area (Å²) in [5.74, 6) is 1.25. The Balaban J connectivity index is 0.000000479. The third kappa shape index (κ3) is 6.31. The number of anilines is 2. The Labute approximate surface area is 243 Å². The number of hydrogen-bond donors (Lipinski definition) is 2. The number of halogens is 3. The van der Waals surface area contributed by atoms with Crippen molar-refractivity contribution in [1.29, 1.82) is 0 Å². The number of aromatic nitrogens is 7. The quantitative estimate of drug-likeness (QED) is 0.308. The number of carbonyl (C=O) groups is 1. The number of rotatable bonds is 6. The van der Waals surface area contributed by atoms with E-state index in [9.17, 15) is 18.0 Å². The van der Waals surface area contributed by atoms with Crippen LogP contribution in [0.15, 0.2) is 36.5 Å². The van der Waals surface area contributed by atoms with Gasteiger partial charge in [0.15, 0.2) is 10.8 Å². The summed E-state index contributed by atoms with van der Waals surface area (Å²) in [5, 5.41) is 11.9. The predicted molar refractivity (Wildman–Crippen MR) is 150 cm³/mol. The number of hydrogen-bond acceptors (Lipinski definition) is 9. The topological polar surface area (TPSA) is 127 Å². The lowest BCUT2D eigenvalue weighted by Crippen LogP contribution is -2.51. The number of pyridine rings is 1. The van der Waals surface area contributed by atoms with Gasteiger partial charge in [0.05, 0.1) is 42.8 Å². The molecule has 2 N–H and O–H groups in total. The van der Waals surface area contributed by atoms with Crippen molar-refractivity contribution >= 4 is 28.7 Å². The van der Waals surface area contributed by atoms with Crippen LogP contribution in [0.2, 0.25) is 0 Å². The van der Waals surface area contributed by atoms with Crippen molar-refractivity contribution in [2.24, 2.45) is 5.41 Å². The van der Waals surface area contributed by atoms with Crippen molar-refractivity contribution in [2.75, 3.05) is 36.5 Å². The molecule has 0 atom stereocenters. The van der Waals surface area contributed by atoms with Crippen molar-refractivity contribution in [1.82, 2.24) is 34.7 Å². The number of aromatic amines is 1. The molecule has 0 radical (unpaired) electrons. The van der Waals surface area contributed by atoms with Gasteiger partial charge in [0.1, 0.15) is 17.8 Å². The Morgan fingerprint density at radius 2 is 1.95 bits per heavy atom. The minimum Gasteiger partial charge on any atom is -0.380 e. The molecule has 1 aliphatic carbocycles. The number of nitrogens with one attached hydrogen (secondary N) is 2. The lowest BCUT2D eigenvalue weighted by molar-refractivity contribution is -0.130. The average molecular weight is 602 g/mol. The van der Waals surface area contributed by atoms with E-state index in [1.165, 1.54) is 30.5 Å². The third-order valence-corrected chi connectivity index (χ3v) is 8.57. The number of amides is 1. The molecule has 222 valence electrons. The molecule has 0 unspecified atom stereocenters. The van der Waals surface area contributed by atoms with Gasteiger partial charge in [0.2, 0.25) is 0 Å². The zero-order valence-corrected chi connectivity index (χ0v) is 23.7. The maximum atomic E-state index is 13.1. The molecule has 3 fully saturated rings. The van der Waals surface area contributed by atoms with Gasteiger partial charge in [0.25, 0.3) is 5.91 Å². The van der Waals surface area contributed by atoms with Crippen LogP contribution in [-0.2, 0) is 4.74 Å². The molecule has 1 spiro atoms. The Hall–Kier alpha value is -3.85. The zero-order chi connectivity index (χ0) is 29.3. The molecule has 1 amide bonds. The summed E-state index contributed by atoms with van der Waals surface area (Å²) in [6.07, 6.45) is 7.07. The van der Waals surface area contributed by atoms with E-state index >= 15 is 0 Å². The lowest BCUT2D eigenvalue weighted by atomic mass is 9.77. The summed E-state index contributed by atoms with van der Waals surface area (Å²) in [5.41, 5.74) is 3.70. The molecule has 15 heteroatoms. The van der Waals surface area contributed by atoms with Gasteiger partial charge in [-0.25, -0.2) is 19.9 Å². The number of nitrogens with zero attached hydrogens (tertiary/aromatic N) is 7. The fourth-order valence-corrected chi connectivity index (χ4v) is 5.60. The monoisotopic (exact) mass is 601 g/mol. The first-order valence-corrected chi connectivity index (χ1v) is 14.7. The summed E-state index contributed by atoms with van der Waals surface area (Å²) >= 11 is 1.38. The molecule has 1 saturated carbocycles. The van der Waals surface area contributed by atoms with E-state index in [4.69, 9.17) is 4.74 Å². The van der Waals surface area contributed by atoms with E-state index in [0.717, 1.165) is 63.1 Å². The van der Waals surface area contributed by atoms with Crippen LogP contribution in [0.4, 0.5) is 24.7 Å². The zero-order valence-electron chi connectivity index (χ0n) is 22.9. The summed E-state index contributed by atoms with van der Waals surface area (Å²) in [7, 11) is 0. The first-order chi connectivity index (χ1) is 20.2. The fraction of sp³-hybridized carbons (Fsp3) is 0.481. The standard InChI is InChI=1S/C24H25N9O2S.C3H5F3/c34-22(29-20-10-36-23(30-20)21-26-13-28-31-21)16-7-18(33-9-17(27-14-33)15-1-2-15)19(8-25-16)32-5-3-24(4-6-32)11-35-12-24;1-2-3(4,5)6/h7-10,13-15H,1-6,11-12H2,(H,29,34)(H,26,28,31);2H2,1H3. The second-order valence-electron chi connectivity index (χ2n) is 10.8. The molecule has 42 heavy (non-hydrogen) atoms. The third-order valence-electron chi connectivity index (χ3n) is 7.72. The summed E-state index contributed by atoms with van der Waals surface area (Å²) in [4.78, 5) is 33.2. The molecule has 0 bridgehead atoms. The smallest absolute Gasteiger partial charge is 0.380 e. The summed E-state index contributed by atoms with van der Waals surface area (Å²) in [6, 6.07) is 1.85. The minimum absolute atomic E-state index is 0.316. The molecule has 2 aliphatic heterocycles. The molecule has 4 aromatic rings. The van der Waals surface area contributed by atoms with E-state index < -0.39 is 12.6 Å². The van der Waals surface area contributed by atoms with E-state index in [1.54, 1.807) is 5.38 Å². The number of thiazole rings is 1. The highest BCUT2D eigenvalue weighted by molar-refractivity contribution is 7.13. The largest absolute Gasteiger partial charge is 0.388 e. The molecule has 0 aromatic carbocycles. The summed E-state index contributed by atoms with van der Waals surface area (Å²) < 4.78 is 39.9. The fourth-order valence-electron chi connectivity index (χ4n) is 4.90. The van der Waals surface area contributed by atoms with Crippen LogP contribution in [-0.4, -0.2) is 73.1 Å². The highest BCUT2D eigenvalue weighted by Gasteiger charge is 2.41. The van der Waals surface area contributed by atoms with E-state index in [1.807, 2.05) is 23.2 Å². The first kappa shape index (κ1) is 28.3. The van der Waals surface area contributed by atoms with Gasteiger partial charge < -0.3 is 19.5 Å². The molecule has 3 aliphatic rings. The van der Waals surface area contributed by atoms with Gasteiger partial charge in [-0.15, -0.1) is 11.3 Å². The lowest BCUT2D eigenvalue weighted by Gasteiger charge is -2.48. The highest BCUT2D eigenvalue weighted by Crippen LogP contribution is 2.42. The van der Waals surface area contributed by atoms with E-state index in [-0.39, 0.29) is 5.91 Å². The normalized spacial score (nSPS) is 17.9. The van der Waals surface area contributed by atoms with Gasteiger partial charge >= 0.3 is 6.18 Å².